The van der Waals surface area contributed by atoms with Crippen LogP contribution < -0.4 is 10.1 Å². The average molecular weight is 281 g/mol. The lowest BCUT2D eigenvalue weighted by Crippen LogP contribution is -2.21. The van der Waals surface area contributed by atoms with Crippen LogP contribution in [0.3, 0.4) is 0 Å². The topological polar surface area (TPSA) is 21.3 Å². The summed E-state index contributed by atoms with van der Waals surface area (Å²) in [6, 6.07) is 19.0. The molecule has 0 aliphatic heterocycles. The summed E-state index contributed by atoms with van der Waals surface area (Å²) in [5.41, 5.74) is 2.46. The second-order valence-electron chi connectivity index (χ2n) is 5.30. The third kappa shape index (κ3) is 5.84. The third-order valence-corrected chi connectivity index (χ3v) is 3.09. The molecule has 2 nitrogen and oxygen atoms in total. The van der Waals surface area contributed by atoms with Crippen molar-refractivity contribution in [2.45, 2.75) is 26.4 Å². The van der Waals surface area contributed by atoms with E-state index in [1.54, 1.807) is 0 Å². The number of nitrogens with one attached hydrogen (secondary N) is 1. The molecule has 0 fully saturated rings. The van der Waals surface area contributed by atoms with Gasteiger partial charge in [0.25, 0.3) is 0 Å². The molecule has 2 rings (SSSR count). The molecule has 0 aliphatic rings. The van der Waals surface area contributed by atoms with Gasteiger partial charge in [-0.05, 0) is 29.3 Å². The van der Waals surface area contributed by atoms with Crippen LogP contribution in [0.15, 0.2) is 60.7 Å². The first-order chi connectivity index (χ1) is 10.2. The summed E-state index contributed by atoms with van der Waals surface area (Å²) >= 11 is 0. The van der Waals surface area contributed by atoms with E-state index in [2.05, 4.69) is 49.5 Å². The van der Waals surface area contributed by atoms with Crippen molar-refractivity contribution in [2.24, 2.45) is 0 Å². The first-order valence-electron chi connectivity index (χ1n) is 7.41. The van der Waals surface area contributed by atoms with Crippen LogP contribution in [0, 0.1) is 0 Å². The van der Waals surface area contributed by atoms with Gasteiger partial charge in [-0.3, -0.25) is 0 Å². The van der Waals surface area contributed by atoms with Crippen LogP contribution in [0.2, 0.25) is 0 Å². The molecule has 2 aromatic rings. The average Bonchev–Trinajstić information content (AvgIpc) is 2.52. The maximum Gasteiger partial charge on any atom is 0.119 e. The molecular weight excluding hydrogens is 258 g/mol. The summed E-state index contributed by atoms with van der Waals surface area (Å²) in [4.78, 5) is 0. The normalized spacial score (nSPS) is 11.2. The summed E-state index contributed by atoms with van der Waals surface area (Å²) in [6.45, 7) is 5.78. The fourth-order valence-corrected chi connectivity index (χ4v) is 1.92. The Labute approximate surface area is 127 Å². The Morgan fingerprint density at radius 2 is 1.71 bits per heavy atom. The highest BCUT2D eigenvalue weighted by atomic mass is 16.5. The fourth-order valence-electron chi connectivity index (χ4n) is 1.92. The summed E-state index contributed by atoms with van der Waals surface area (Å²) in [5, 5.41) is 3.40. The maximum absolute atomic E-state index is 5.70. The van der Waals surface area contributed by atoms with Crippen molar-refractivity contribution in [3.05, 3.63) is 71.8 Å². The Balaban J connectivity index is 1.77. The van der Waals surface area contributed by atoms with Crippen molar-refractivity contribution in [3.63, 3.8) is 0 Å². The largest absolute Gasteiger partial charge is 0.490 e. The lowest BCUT2D eigenvalue weighted by molar-refractivity contribution is 0.363. The smallest absolute Gasteiger partial charge is 0.119 e. The zero-order valence-corrected chi connectivity index (χ0v) is 12.8. The molecule has 0 atom stereocenters. The van der Waals surface area contributed by atoms with Crippen molar-refractivity contribution in [1.29, 1.82) is 0 Å². The van der Waals surface area contributed by atoms with Gasteiger partial charge in [-0.1, -0.05) is 62.4 Å². The zero-order valence-electron chi connectivity index (χ0n) is 12.8. The van der Waals surface area contributed by atoms with Gasteiger partial charge in [0.15, 0.2) is 0 Å². The molecule has 0 radical (unpaired) electrons. The number of hydrogen-bond donors (Lipinski definition) is 1. The van der Waals surface area contributed by atoms with Crippen LogP contribution in [0.25, 0.3) is 6.08 Å². The van der Waals surface area contributed by atoms with E-state index in [-0.39, 0.29) is 0 Å². The minimum atomic E-state index is 0.504. The molecule has 2 aromatic carbocycles. The standard InChI is InChI=1S/C19H23NO/c1-16(2)20-15-18-10-12-19(13-11-18)21-14-6-9-17-7-4-3-5-8-17/h3-13,16,20H,14-15H2,1-2H3/b9-6+. The molecule has 0 spiro atoms. The Hall–Kier alpha value is -2.06. The molecule has 0 aliphatic carbocycles. The summed E-state index contributed by atoms with van der Waals surface area (Å²) < 4.78 is 5.70. The molecular formula is C19H23NO. The highest BCUT2D eigenvalue weighted by molar-refractivity contribution is 5.48. The lowest BCUT2D eigenvalue weighted by atomic mass is 10.2. The molecule has 0 saturated carbocycles. The maximum atomic E-state index is 5.70. The van der Waals surface area contributed by atoms with Crippen LogP contribution in [0.5, 0.6) is 5.75 Å². The van der Waals surface area contributed by atoms with Crippen LogP contribution in [0.1, 0.15) is 25.0 Å². The van der Waals surface area contributed by atoms with E-state index in [1.807, 2.05) is 36.4 Å². The number of ether oxygens (including phenoxy) is 1. The van der Waals surface area contributed by atoms with Gasteiger partial charge in [-0.2, -0.15) is 0 Å². The van der Waals surface area contributed by atoms with E-state index < -0.39 is 0 Å². The highest BCUT2D eigenvalue weighted by Gasteiger charge is 1.96. The van der Waals surface area contributed by atoms with Crippen molar-refractivity contribution >= 4 is 6.08 Å². The second kappa shape index (κ2) is 8.28. The highest BCUT2D eigenvalue weighted by Crippen LogP contribution is 2.12. The molecule has 1 N–H and O–H groups in total. The van der Waals surface area contributed by atoms with E-state index in [0.29, 0.717) is 12.6 Å². The summed E-state index contributed by atoms with van der Waals surface area (Å²) in [5.74, 6) is 0.904. The number of hydrogen-bond acceptors (Lipinski definition) is 2. The predicted molar refractivity (Wildman–Crippen MR) is 89.4 cm³/mol. The van der Waals surface area contributed by atoms with E-state index in [0.717, 1.165) is 12.3 Å². The van der Waals surface area contributed by atoms with Gasteiger partial charge in [-0.15, -0.1) is 0 Å². The van der Waals surface area contributed by atoms with E-state index in [4.69, 9.17) is 4.74 Å². The van der Waals surface area contributed by atoms with Gasteiger partial charge in [0, 0.05) is 12.6 Å². The molecule has 110 valence electrons. The fraction of sp³-hybridized carbons (Fsp3) is 0.263. The van der Waals surface area contributed by atoms with E-state index >= 15 is 0 Å². The van der Waals surface area contributed by atoms with Crippen LogP contribution >= 0.6 is 0 Å². The number of benzene rings is 2. The van der Waals surface area contributed by atoms with Gasteiger partial charge >= 0.3 is 0 Å². The minimum Gasteiger partial charge on any atom is -0.490 e. The summed E-state index contributed by atoms with van der Waals surface area (Å²) in [7, 11) is 0. The third-order valence-electron chi connectivity index (χ3n) is 3.09. The number of rotatable bonds is 7. The first kappa shape index (κ1) is 15.3. The van der Waals surface area contributed by atoms with Crippen molar-refractivity contribution in [3.8, 4) is 5.75 Å². The Morgan fingerprint density at radius 1 is 1.00 bits per heavy atom. The molecule has 21 heavy (non-hydrogen) atoms. The van der Waals surface area contributed by atoms with Crippen molar-refractivity contribution in [2.75, 3.05) is 6.61 Å². The second-order valence-corrected chi connectivity index (χ2v) is 5.30. The monoisotopic (exact) mass is 281 g/mol. The quantitative estimate of drug-likeness (QED) is 0.818. The molecule has 2 heteroatoms. The molecule has 0 bridgehead atoms. The Kier molecular flexibility index (Phi) is 6.04. The van der Waals surface area contributed by atoms with Crippen LogP contribution in [-0.4, -0.2) is 12.6 Å². The summed E-state index contributed by atoms with van der Waals surface area (Å²) in [6.07, 6.45) is 4.10. The van der Waals surface area contributed by atoms with E-state index in [9.17, 15) is 0 Å². The Morgan fingerprint density at radius 3 is 2.38 bits per heavy atom. The van der Waals surface area contributed by atoms with Crippen molar-refractivity contribution in [1.82, 2.24) is 5.32 Å². The molecule has 0 aromatic heterocycles. The van der Waals surface area contributed by atoms with Crippen LogP contribution in [0.4, 0.5) is 0 Å². The molecule has 0 unspecified atom stereocenters. The first-order valence-corrected chi connectivity index (χ1v) is 7.41. The Bertz CT molecular complexity index is 544. The zero-order chi connectivity index (χ0) is 14.9. The van der Waals surface area contributed by atoms with Gasteiger partial charge in [0.1, 0.15) is 12.4 Å². The van der Waals surface area contributed by atoms with Gasteiger partial charge < -0.3 is 10.1 Å². The molecule has 0 amide bonds. The van der Waals surface area contributed by atoms with Gasteiger partial charge in [0.2, 0.25) is 0 Å². The van der Waals surface area contributed by atoms with Crippen LogP contribution in [-0.2, 0) is 6.54 Å². The minimum absolute atomic E-state index is 0.504. The predicted octanol–water partition coefficient (Wildman–Crippen LogP) is 4.28. The van der Waals surface area contributed by atoms with Gasteiger partial charge in [-0.25, -0.2) is 0 Å². The molecule has 0 heterocycles. The van der Waals surface area contributed by atoms with Gasteiger partial charge in [0.05, 0.1) is 0 Å². The van der Waals surface area contributed by atoms with Crippen molar-refractivity contribution < 1.29 is 4.74 Å². The SMILES string of the molecule is CC(C)NCc1ccc(OC/C=C/c2ccccc2)cc1. The lowest BCUT2D eigenvalue weighted by Gasteiger charge is -2.09. The molecule has 0 saturated heterocycles. The van der Waals surface area contributed by atoms with E-state index in [1.165, 1.54) is 11.1 Å².